The lowest BCUT2D eigenvalue weighted by Gasteiger charge is -2.13. The van der Waals surface area contributed by atoms with Gasteiger partial charge in [-0.1, -0.05) is 34.1 Å². The SMILES string of the molecule is C.CCCC(CC)CNC(C)=O.CO.O.O.[HH].[HH]. The maximum atomic E-state index is 10.6. The molecule has 5 heteroatoms. The van der Waals surface area contributed by atoms with Crippen LogP contribution in [-0.2, 0) is 4.79 Å². The quantitative estimate of drug-likeness (QED) is 0.753. The fraction of sp³-hybridized carbons (Fsp3) is 0.909. The van der Waals surface area contributed by atoms with E-state index in [2.05, 4.69) is 19.2 Å². The number of nitrogens with one attached hydrogen (secondary N) is 1. The Labute approximate surface area is 103 Å². The molecule has 0 radical (unpaired) electrons. The predicted octanol–water partition coefficient (Wildman–Crippen LogP) is 1.04. The van der Waals surface area contributed by atoms with Gasteiger partial charge in [-0.3, -0.25) is 4.79 Å². The molecule has 1 unspecified atom stereocenters. The summed E-state index contributed by atoms with van der Waals surface area (Å²) >= 11 is 0. The van der Waals surface area contributed by atoms with Crippen molar-refractivity contribution in [2.75, 3.05) is 13.7 Å². The Balaban J connectivity index is -0.0000000328. The van der Waals surface area contributed by atoms with Crippen LogP contribution < -0.4 is 5.32 Å². The Morgan fingerprint density at radius 2 is 1.75 bits per heavy atom. The van der Waals surface area contributed by atoms with Crippen LogP contribution in [0, 0.1) is 5.92 Å². The van der Waals surface area contributed by atoms with Crippen molar-refractivity contribution >= 4 is 5.91 Å². The fourth-order valence-corrected chi connectivity index (χ4v) is 1.15. The largest absolute Gasteiger partial charge is 0.412 e. The third-order valence-electron chi connectivity index (χ3n) is 1.91. The van der Waals surface area contributed by atoms with Crippen molar-refractivity contribution < 1.29 is 23.7 Å². The summed E-state index contributed by atoms with van der Waals surface area (Å²) in [5.41, 5.74) is 0. The molecule has 0 bridgehead atoms. The van der Waals surface area contributed by atoms with Gasteiger partial charge < -0.3 is 21.4 Å². The monoisotopic (exact) mass is 245 g/mol. The molecule has 0 heterocycles. The minimum absolute atomic E-state index is 0. The fourth-order valence-electron chi connectivity index (χ4n) is 1.15. The molecule has 108 valence electrons. The average molecular weight is 245 g/mol. The Kier molecular flexibility index (Phi) is 44.0. The molecule has 0 aromatic heterocycles. The molecular formula is C11H35NO4. The topological polar surface area (TPSA) is 112 Å². The maximum absolute atomic E-state index is 10.6. The zero-order valence-corrected chi connectivity index (χ0v) is 10.3. The van der Waals surface area contributed by atoms with Gasteiger partial charge in [-0.05, 0) is 12.3 Å². The second-order valence-corrected chi connectivity index (χ2v) is 3.00. The number of hydrogen-bond acceptors (Lipinski definition) is 2. The molecule has 5 nitrogen and oxygen atoms in total. The van der Waals surface area contributed by atoms with E-state index in [0.29, 0.717) is 5.92 Å². The summed E-state index contributed by atoms with van der Waals surface area (Å²) < 4.78 is 0. The highest BCUT2D eigenvalue weighted by Crippen LogP contribution is 2.08. The van der Waals surface area contributed by atoms with Gasteiger partial charge in [0.2, 0.25) is 5.91 Å². The highest BCUT2D eigenvalue weighted by molar-refractivity contribution is 5.72. The van der Waals surface area contributed by atoms with Crippen molar-refractivity contribution in [2.45, 2.75) is 47.5 Å². The minimum atomic E-state index is 0. The second-order valence-electron chi connectivity index (χ2n) is 3.00. The van der Waals surface area contributed by atoms with E-state index in [0.717, 1.165) is 20.1 Å². The van der Waals surface area contributed by atoms with Crippen LogP contribution in [0.4, 0.5) is 0 Å². The molecule has 0 aromatic rings. The first-order valence-electron chi connectivity index (χ1n) is 4.89. The van der Waals surface area contributed by atoms with Crippen LogP contribution in [0.15, 0.2) is 0 Å². The highest BCUT2D eigenvalue weighted by Gasteiger charge is 2.04. The number of amides is 1. The van der Waals surface area contributed by atoms with E-state index in [4.69, 9.17) is 5.11 Å². The van der Waals surface area contributed by atoms with E-state index in [-0.39, 0.29) is 27.1 Å². The predicted molar refractivity (Wildman–Crippen MR) is 73.7 cm³/mol. The summed E-state index contributed by atoms with van der Waals surface area (Å²) in [6.45, 7) is 6.76. The molecule has 0 aromatic carbocycles. The first kappa shape index (κ1) is 29.5. The van der Waals surface area contributed by atoms with Gasteiger partial charge in [-0.2, -0.15) is 0 Å². The molecule has 1 amide bonds. The zero-order chi connectivity index (χ0) is 10.7. The summed E-state index contributed by atoms with van der Waals surface area (Å²) in [4.78, 5) is 10.6. The standard InChI is InChI=1S/C9H19NO.CH4O.CH4.2H2O.2H2/c1-4-6-9(5-2)7-10-8(3)11;1-2;;;;;/h9H,4-7H2,1-3H3,(H,10,11);2H,1H3;1H4;2*1H2;2*1H. The molecule has 0 aliphatic rings. The van der Waals surface area contributed by atoms with Gasteiger partial charge in [0, 0.05) is 23.4 Å². The third kappa shape index (κ3) is 23.3. The van der Waals surface area contributed by atoms with Crippen molar-refractivity contribution in [3.05, 3.63) is 0 Å². The van der Waals surface area contributed by atoms with Gasteiger partial charge in [-0.25, -0.2) is 0 Å². The van der Waals surface area contributed by atoms with Crippen LogP contribution >= 0.6 is 0 Å². The summed E-state index contributed by atoms with van der Waals surface area (Å²) in [5, 5.41) is 9.84. The van der Waals surface area contributed by atoms with E-state index in [1.165, 1.54) is 12.8 Å². The van der Waals surface area contributed by atoms with E-state index in [1.807, 2.05) is 0 Å². The maximum Gasteiger partial charge on any atom is 0.216 e. The van der Waals surface area contributed by atoms with Crippen LogP contribution in [0.2, 0.25) is 0 Å². The molecule has 6 N–H and O–H groups in total. The Hall–Kier alpha value is -0.650. The summed E-state index contributed by atoms with van der Waals surface area (Å²) in [6, 6.07) is 0. The normalized spacial score (nSPS) is 9.06. The lowest BCUT2D eigenvalue weighted by atomic mass is 10.0. The Morgan fingerprint density at radius 3 is 2.00 bits per heavy atom. The van der Waals surface area contributed by atoms with Gasteiger partial charge >= 0.3 is 0 Å². The summed E-state index contributed by atoms with van der Waals surface area (Å²) in [6.07, 6.45) is 3.59. The van der Waals surface area contributed by atoms with Gasteiger partial charge in [-0.15, -0.1) is 0 Å². The lowest BCUT2D eigenvalue weighted by molar-refractivity contribution is -0.119. The molecule has 0 aliphatic heterocycles. The second kappa shape index (κ2) is 23.9. The average Bonchev–Trinajstić information content (AvgIpc) is 2.15. The molecule has 0 saturated heterocycles. The van der Waals surface area contributed by atoms with E-state index in [1.54, 1.807) is 6.92 Å². The number of aliphatic hydroxyl groups is 1. The number of carbonyl (C=O) groups is 1. The Morgan fingerprint density at radius 1 is 1.31 bits per heavy atom. The third-order valence-corrected chi connectivity index (χ3v) is 1.91. The lowest BCUT2D eigenvalue weighted by Crippen LogP contribution is -2.26. The zero-order valence-electron chi connectivity index (χ0n) is 10.3. The number of rotatable bonds is 5. The van der Waals surface area contributed by atoms with Crippen LogP contribution in [0.25, 0.3) is 0 Å². The molecule has 0 fully saturated rings. The van der Waals surface area contributed by atoms with Crippen molar-refractivity contribution in [1.82, 2.24) is 5.32 Å². The van der Waals surface area contributed by atoms with E-state index >= 15 is 0 Å². The van der Waals surface area contributed by atoms with Crippen molar-refractivity contribution in [1.29, 1.82) is 0 Å². The Bertz CT molecular complexity index is 130. The highest BCUT2D eigenvalue weighted by atomic mass is 16.2. The van der Waals surface area contributed by atoms with Crippen LogP contribution in [0.3, 0.4) is 0 Å². The van der Waals surface area contributed by atoms with Gasteiger partial charge in [0.25, 0.3) is 0 Å². The number of aliphatic hydroxyl groups excluding tert-OH is 1. The van der Waals surface area contributed by atoms with Gasteiger partial charge in [0.05, 0.1) is 0 Å². The summed E-state index contributed by atoms with van der Waals surface area (Å²) in [5.74, 6) is 0.753. The number of hydrogen-bond donors (Lipinski definition) is 2. The smallest absolute Gasteiger partial charge is 0.216 e. The molecule has 16 heavy (non-hydrogen) atoms. The molecule has 1 atom stereocenters. The van der Waals surface area contributed by atoms with Crippen molar-refractivity contribution in [2.24, 2.45) is 5.92 Å². The molecule has 0 aliphatic carbocycles. The van der Waals surface area contributed by atoms with Crippen molar-refractivity contribution in [3.63, 3.8) is 0 Å². The van der Waals surface area contributed by atoms with Crippen LogP contribution in [0.1, 0.15) is 50.3 Å². The van der Waals surface area contributed by atoms with Gasteiger partial charge in [0.15, 0.2) is 0 Å². The molecule has 0 rings (SSSR count). The van der Waals surface area contributed by atoms with Crippen molar-refractivity contribution in [3.8, 4) is 0 Å². The summed E-state index contributed by atoms with van der Waals surface area (Å²) in [7, 11) is 1.00. The molecule has 0 saturated carbocycles. The van der Waals surface area contributed by atoms with E-state index in [9.17, 15) is 4.79 Å². The first-order valence-corrected chi connectivity index (χ1v) is 4.89. The minimum Gasteiger partial charge on any atom is -0.412 e. The van der Waals surface area contributed by atoms with Crippen LogP contribution in [-0.4, -0.2) is 35.6 Å². The number of carbonyl (C=O) groups excluding carboxylic acids is 1. The molecular weight excluding hydrogens is 210 g/mol. The van der Waals surface area contributed by atoms with E-state index < -0.39 is 0 Å². The molecule has 0 spiro atoms. The van der Waals surface area contributed by atoms with Gasteiger partial charge in [0.1, 0.15) is 0 Å². The first-order chi connectivity index (χ1) is 6.20. The van der Waals surface area contributed by atoms with Crippen LogP contribution in [0.5, 0.6) is 0 Å².